The maximum Gasteiger partial charge on any atom is 0.242 e. The summed E-state index contributed by atoms with van der Waals surface area (Å²) in [4.78, 5) is 27.2. The number of aliphatic hydroxyl groups is 1. The molecule has 0 heterocycles. The third kappa shape index (κ3) is 3.92. The van der Waals surface area contributed by atoms with Crippen LogP contribution in [0.4, 0.5) is 0 Å². The van der Waals surface area contributed by atoms with Crippen molar-refractivity contribution in [2.24, 2.45) is 11.1 Å². The van der Waals surface area contributed by atoms with Crippen molar-refractivity contribution < 1.29 is 31.6 Å². The fourth-order valence-electron chi connectivity index (χ4n) is 5.07. The zero-order chi connectivity index (χ0) is 22.5. The molecule has 3 atom stereocenters. The van der Waals surface area contributed by atoms with Gasteiger partial charge in [0.05, 0.1) is 26.1 Å². The number of hydrogen-bond acceptors (Lipinski definition) is 4. The molecule has 1 fully saturated rings. The minimum absolute atomic E-state index is 0. The van der Waals surface area contributed by atoms with Crippen LogP contribution in [0.25, 0.3) is 0 Å². The molecule has 0 aliphatic heterocycles. The van der Waals surface area contributed by atoms with Crippen molar-refractivity contribution in [3.05, 3.63) is 61.3 Å². The molecule has 168 valence electrons. The predicted octanol–water partition coefficient (Wildman–Crippen LogP) is -0.117. The number of quaternary nitrogens is 1. The van der Waals surface area contributed by atoms with Crippen LogP contribution in [-0.4, -0.2) is 59.0 Å². The second kappa shape index (κ2) is 10.5. The van der Waals surface area contributed by atoms with Gasteiger partial charge in [-0.1, -0.05) is 55.2 Å². The number of aliphatic hydroxyl groups excluding tert-OH is 1. The maximum atomic E-state index is 13.6. The summed E-state index contributed by atoms with van der Waals surface area (Å²) >= 11 is 0. The molecule has 0 aromatic carbocycles. The molecule has 5 nitrogen and oxygen atoms in total. The average Bonchev–Trinajstić information content (AvgIpc) is 2.85. The number of nitrogens with two attached hydrogens (primary N) is 1. The van der Waals surface area contributed by atoms with Gasteiger partial charge in [-0.3, -0.25) is 9.59 Å². The highest BCUT2D eigenvalue weighted by Gasteiger charge is 2.76. The van der Waals surface area contributed by atoms with Crippen LogP contribution in [0.3, 0.4) is 0 Å². The maximum absolute atomic E-state index is 13.6. The molecule has 0 amide bonds. The fourth-order valence-corrected chi connectivity index (χ4v) is 5.07. The van der Waals surface area contributed by atoms with Crippen LogP contribution in [0.5, 0.6) is 0 Å². The minimum Gasteiger partial charge on any atom is -1.00 e. The first-order valence-corrected chi connectivity index (χ1v) is 10.1. The number of carbonyl (C=O) groups excluding carboxylic acids is 2. The molecule has 3 unspecified atom stereocenters. The Morgan fingerprint density at radius 2 is 1.50 bits per heavy atom. The third-order valence-corrected chi connectivity index (χ3v) is 6.01. The number of halogens is 1. The van der Waals surface area contributed by atoms with E-state index >= 15 is 0 Å². The molecule has 1 rings (SSSR count). The van der Waals surface area contributed by atoms with Crippen molar-refractivity contribution in [3.63, 3.8) is 0 Å². The lowest BCUT2D eigenvalue weighted by Gasteiger charge is -2.56. The molecule has 0 saturated heterocycles. The smallest absolute Gasteiger partial charge is 0.242 e. The number of hydrogen-bond donors (Lipinski definition) is 2. The fraction of sp³-hybridized carbons (Fsp3) is 0.500. The van der Waals surface area contributed by atoms with E-state index in [0.29, 0.717) is 6.54 Å². The summed E-state index contributed by atoms with van der Waals surface area (Å²) in [5.74, 6) is -0.900. The third-order valence-electron chi connectivity index (χ3n) is 6.01. The van der Waals surface area contributed by atoms with E-state index in [1.165, 1.54) is 0 Å². The largest absolute Gasteiger partial charge is 1.00 e. The zero-order valence-corrected chi connectivity index (χ0v) is 19.8. The van der Waals surface area contributed by atoms with Crippen LogP contribution >= 0.6 is 0 Å². The first-order chi connectivity index (χ1) is 13.5. The van der Waals surface area contributed by atoms with E-state index in [1.807, 2.05) is 64.2 Å². The van der Waals surface area contributed by atoms with E-state index in [1.54, 1.807) is 32.3 Å². The highest BCUT2D eigenvalue weighted by Crippen LogP contribution is 2.51. The Labute approximate surface area is 187 Å². The minimum atomic E-state index is -1.70. The normalized spacial score (nSPS) is 27.1. The van der Waals surface area contributed by atoms with E-state index in [4.69, 9.17) is 5.73 Å². The van der Waals surface area contributed by atoms with Crippen molar-refractivity contribution in [2.45, 2.75) is 51.3 Å². The van der Waals surface area contributed by atoms with Crippen LogP contribution < -0.4 is 18.1 Å². The molecular formula is C24H37ClN2O3. The number of ketones is 2. The number of likely N-dealkylation sites (N-methyl/N-ethyl adjacent to an activating group) is 1. The van der Waals surface area contributed by atoms with Crippen molar-refractivity contribution in [1.82, 2.24) is 0 Å². The van der Waals surface area contributed by atoms with Crippen molar-refractivity contribution in [1.29, 1.82) is 0 Å². The predicted molar refractivity (Wildman–Crippen MR) is 119 cm³/mol. The number of carbonyl (C=O) groups is 2. The highest BCUT2D eigenvalue weighted by atomic mass is 35.5. The topological polar surface area (TPSA) is 80.4 Å². The van der Waals surface area contributed by atoms with E-state index in [2.05, 4.69) is 6.58 Å². The van der Waals surface area contributed by atoms with Gasteiger partial charge in [-0.15, -0.1) is 0 Å². The molecule has 1 saturated carbocycles. The number of allylic oxidation sites excluding steroid dienone is 4. The summed E-state index contributed by atoms with van der Waals surface area (Å²) in [6.45, 7) is 11.6. The lowest BCUT2D eigenvalue weighted by Crippen LogP contribution is -3.00. The van der Waals surface area contributed by atoms with Gasteiger partial charge in [0.2, 0.25) is 17.1 Å². The SMILES string of the molecule is C=CC[N+](C)(C)C1(C(N)(C=CC)C(C=CC)(C=CC)C=CC)C(=O)CC(O)C1=O.[Cl-]. The van der Waals surface area contributed by atoms with Gasteiger partial charge in [0.25, 0.3) is 0 Å². The molecule has 1 aliphatic rings. The Morgan fingerprint density at radius 3 is 1.80 bits per heavy atom. The van der Waals surface area contributed by atoms with Crippen molar-refractivity contribution in [3.8, 4) is 0 Å². The number of Topliss-reactive ketones (excluding diaryl/α,β-unsaturated/α-hetero) is 2. The van der Waals surface area contributed by atoms with E-state index < -0.39 is 28.4 Å². The van der Waals surface area contributed by atoms with Crippen molar-refractivity contribution >= 4 is 11.6 Å². The molecule has 0 aromatic rings. The number of rotatable bonds is 9. The Hall–Kier alpha value is -1.79. The van der Waals surface area contributed by atoms with E-state index in [-0.39, 0.29) is 29.1 Å². The summed E-state index contributed by atoms with van der Waals surface area (Å²) in [6.07, 6.45) is 14.9. The number of nitrogens with zero attached hydrogens (tertiary/aromatic N) is 1. The Kier molecular flexibility index (Phi) is 9.87. The van der Waals surface area contributed by atoms with Gasteiger partial charge in [0, 0.05) is 6.42 Å². The molecule has 30 heavy (non-hydrogen) atoms. The lowest BCUT2D eigenvalue weighted by atomic mass is 9.56. The molecule has 0 bridgehead atoms. The van der Waals surface area contributed by atoms with Gasteiger partial charge in [0.15, 0.2) is 0 Å². The van der Waals surface area contributed by atoms with Crippen LogP contribution in [0, 0.1) is 5.41 Å². The standard InChI is InChI=1S/C24H37N2O3.ClH/c1-8-13-22(14-9-2,15-10-3)23(25,16-11-4)24(26(6,7)17-12-5)20(28)18-19(27)21(24)29;/h8-16,19,27H,5,17-18,25H2,1-4,6-7H3;1H/q+1;/p-1. The molecule has 1 aliphatic carbocycles. The highest BCUT2D eigenvalue weighted by molar-refractivity contribution is 6.20. The Balaban J connectivity index is 0.00000841. The van der Waals surface area contributed by atoms with Crippen LogP contribution in [-0.2, 0) is 9.59 Å². The molecule has 0 spiro atoms. The van der Waals surface area contributed by atoms with Crippen LogP contribution in [0.15, 0.2) is 61.3 Å². The summed E-state index contributed by atoms with van der Waals surface area (Å²) in [6, 6.07) is 0. The zero-order valence-electron chi connectivity index (χ0n) is 19.1. The molecular weight excluding hydrogens is 400 g/mol. The monoisotopic (exact) mass is 436 g/mol. The molecule has 6 heteroatoms. The first-order valence-electron chi connectivity index (χ1n) is 10.1. The van der Waals surface area contributed by atoms with Gasteiger partial charge >= 0.3 is 0 Å². The quantitative estimate of drug-likeness (QED) is 0.300. The Morgan fingerprint density at radius 1 is 1.07 bits per heavy atom. The lowest BCUT2D eigenvalue weighted by molar-refractivity contribution is -0.919. The van der Waals surface area contributed by atoms with Gasteiger partial charge in [0.1, 0.15) is 11.6 Å². The van der Waals surface area contributed by atoms with Crippen molar-refractivity contribution in [2.75, 3.05) is 20.6 Å². The van der Waals surface area contributed by atoms with Crippen LogP contribution in [0.1, 0.15) is 34.1 Å². The summed E-state index contributed by atoms with van der Waals surface area (Å²) in [5.41, 5.74) is 3.06. The van der Waals surface area contributed by atoms with Gasteiger partial charge in [-0.05, 0) is 33.8 Å². The summed E-state index contributed by atoms with van der Waals surface area (Å²) < 4.78 is -0.0412. The second-order valence-electron chi connectivity index (χ2n) is 8.18. The summed E-state index contributed by atoms with van der Waals surface area (Å²) in [5, 5.41) is 10.5. The van der Waals surface area contributed by atoms with Gasteiger partial charge < -0.3 is 27.7 Å². The molecule has 0 aromatic heterocycles. The molecule has 3 N–H and O–H groups in total. The first kappa shape index (κ1) is 28.2. The van der Waals surface area contributed by atoms with Gasteiger partial charge in [-0.2, -0.15) is 0 Å². The Bertz CT molecular complexity index is 735. The molecule has 0 radical (unpaired) electrons. The van der Waals surface area contributed by atoms with E-state index in [0.717, 1.165) is 0 Å². The summed E-state index contributed by atoms with van der Waals surface area (Å²) in [7, 11) is 3.60. The second-order valence-corrected chi connectivity index (χ2v) is 8.18. The van der Waals surface area contributed by atoms with Gasteiger partial charge in [-0.25, -0.2) is 0 Å². The average molecular weight is 437 g/mol. The van der Waals surface area contributed by atoms with E-state index in [9.17, 15) is 14.7 Å². The van der Waals surface area contributed by atoms with Crippen LogP contribution in [0.2, 0.25) is 0 Å².